The Labute approximate surface area is 142 Å². The zero-order valence-electron chi connectivity index (χ0n) is 13.1. The molecule has 9 heteroatoms. The quantitative estimate of drug-likeness (QED) is 0.602. The predicted molar refractivity (Wildman–Crippen MR) is 83.8 cm³/mol. The summed E-state index contributed by atoms with van der Waals surface area (Å²) in [6.07, 6.45) is 0. The van der Waals surface area contributed by atoms with Gasteiger partial charge in [-0.2, -0.15) is 0 Å². The van der Waals surface area contributed by atoms with Gasteiger partial charge in [-0.3, -0.25) is 9.59 Å². The Balaban J connectivity index is 1.86. The Bertz CT molecular complexity index is 705. The molecular formula is C15H16FN3O4S. The second kappa shape index (κ2) is 8.44. The van der Waals surface area contributed by atoms with Crippen LogP contribution in [0.4, 0.5) is 4.39 Å². The zero-order chi connectivity index (χ0) is 17.5. The molecule has 0 spiro atoms. The lowest BCUT2D eigenvalue weighted by Crippen LogP contribution is -2.22. The number of amides is 1. The van der Waals surface area contributed by atoms with Crippen LogP contribution >= 0.6 is 11.8 Å². The third kappa shape index (κ3) is 5.05. The van der Waals surface area contributed by atoms with E-state index in [1.165, 1.54) is 24.3 Å². The molecule has 0 aliphatic rings. The highest BCUT2D eigenvalue weighted by Crippen LogP contribution is 2.22. The van der Waals surface area contributed by atoms with Crippen LogP contribution in [-0.4, -0.2) is 33.9 Å². The SMILES string of the molecule is CCOC(=O)[C@@H](C)Sc1nnc(CNC(=O)c2ccc(F)cc2)o1. The minimum absolute atomic E-state index is 0.0254. The van der Waals surface area contributed by atoms with Crippen molar-refractivity contribution in [1.82, 2.24) is 15.5 Å². The van der Waals surface area contributed by atoms with Crippen LogP contribution in [0.1, 0.15) is 30.1 Å². The molecule has 1 amide bonds. The van der Waals surface area contributed by atoms with E-state index in [9.17, 15) is 14.0 Å². The van der Waals surface area contributed by atoms with Crippen LogP contribution in [0.2, 0.25) is 0 Å². The van der Waals surface area contributed by atoms with Crippen LogP contribution in [-0.2, 0) is 16.1 Å². The van der Waals surface area contributed by atoms with E-state index in [0.717, 1.165) is 11.8 Å². The summed E-state index contributed by atoms with van der Waals surface area (Å²) in [5, 5.41) is 9.90. The smallest absolute Gasteiger partial charge is 0.319 e. The largest absolute Gasteiger partial charge is 0.465 e. The number of esters is 1. The Morgan fingerprint density at radius 2 is 2.04 bits per heavy atom. The zero-order valence-corrected chi connectivity index (χ0v) is 13.9. The van der Waals surface area contributed by atoms with Crippen molar-refractivity contribution in [2.24, 2.45) is 0 Å². The topological polar surface area (TPSA) is 94.3 Å². The van der Waals surface area contributed by atoms with Crippen molar-refractivity contribution in [3.8, 4) is 0 Å². The van der Waals surface area contributed by atoms with Gasteiger partial charge >= 0.3 is 5.97 Å². The van der Waals surface area contributed by atoms with Crippen LogP contribution in [0.3, 0.4) is 0 Å². The van der Waals surface area contributed by atoms with E-state index in [-0.39, 0.29) is 29.5 Å². The third-order valence-electron chi connectivity index (χ3n) is 2.85. The summed E-state index contributed by atoms with van der Waals surface area (Å²) in [5.74, 6) is -0.973. The molecule has 1 aromatic carbocycles. The van der Waals surface area contributed by atoms with Gasteiger partial charge in [0.15, 0.2) is 0 Å². The van der Waals surface area contributed by atoms with E-state index in [1.807, 2.05) is 0 Å². The van der Waals surface area contributed by atoms with Gasteiger partial charge in [0.2, 0.25) is 5.89 Å². The monoisotopic (exact) mass is 353 g/mol. The van der Waals surface area contributed by atoms with Crippen molar-refractivity contribution in [3.05, 3.63) is 41.5 Å². The summed E-state index contributed by atoms with van der Waals surface area (Å²) in [4.78, 5) is 23.4. The van der Waals surface area contributed by atoms with Crippen LogP contribution in [0.25, 0.3) is 0 Å². The summed E-state index contributed by atoms with van der Waals surface area (Å²) in [7, 11) is 0. The number of thioether (sulfide) groups is 1. The molecule has 0 radical (unpaired) electrons. The molecule has 0 aliphatic carbocycles. The van der Waals surface area contributed by atoms with E-state index in [2.05, 4.69) is 15.5 Å². The molecule has 2 aromatic rings. The van der Waals surface area contributed by atoms with E-state index in [4.69, 9.17) is 9.15 Å². The van der Waals surface area contributed by atoms with Gasteiger partial charge in [0.25, 0.3) is 11.1 Å². The third-order valence-corrected chi connectivity index (χ3v) is 3.76. The van der Waals surface area contributed by atoms with Crippen molar-refractivity contribution >= 4 is 23.6 Å². The number of hydrogen-bond donors (Lipinski definition) is 1. The maximum absolute atomic E-state index is 12.8. The van der Waals surface area contributed by atoms with Gasteiger partial charge in [-0.1, -0.05) is 11.8 Å². The lowest BCUT2D eigenvalue weighted by Gasteiger charge is -2.06. The molecule has 1 atom stereocenters. The molecule has 128 valence electrons. The van der Waals surface area contributed by atoms with E-state index in [1.54, 1.807) is 13.8 Å². The van der Waals surface area contributed by atoms with E-state index >= 15 is 0 Å². The standard InChI is InChI=1S/C15H16FN3O4S/c1-3-22-14(21)9(2)24-15-19-18-12(23-15)8-17-13(20)10-4-6-11(16)7-5-10/h4-7,9H,3,8H2,1-2H3,(H,17,20)/t9-/m1/s1. The normalized spacial score (nSPS) is 11.8. The number of nitrogens with zero attached hydrogens (tertiary/aromatic N) is 2. The van der Waals surface area contributed by atoms with Gasteiger partial charge in [0.05, 0.1) is 13.2 Å². The first-order valence-electron chi connectivity index (χ1n) is 7.19. The molecule has 2 rings (SSSR count). The summed E-state index contributed by atoms with van der Waals surface area (Å²) in [6.45, 7) is 3.72. The van der Waals surface area contributed by atoms with Gasteiger partial charge in [-0.25, -0.2) is 4.39 Å². The molecule has 0 saturated heterocycles. The van der Waals surface area contributed by atoms with E-state index in [0.29, 0.717) is 12.2 Å². The van der Waals surface area contributed by atoms with Crippen molar-refractivity contribution in [1.29, 1.82) is 0 Å². The number of carbonyl (C=O) groups is 2. The molecule has 1 heterocycles. The van der Waals surface area contributed by atoms with Crippen molar-refractivity contribution in [2.75, 3.05) is 6.61 Å². The second-order valence-corrected chi connectivity index (χ2v) is 5.96. The predicted octanol–water partition coefficient (Wildman–Crippen LogP) is 2.18. The Morgan fingerprint density at radius 3 is 2.71 bits per heavy atom. The Kier molecular flexibility index (Phi) is 6.30. The summed E-state index contributed by atoms with van der Waals surface area (Å²) < 4.78 is 23.0. The highest BCUT2D eigenvalue weighted by Gasteiger charge is 2.19. The van der Waals surface area contributed by atoms with Crippen LogP contribution in [0.5, 0.6) is 0 Å². The average molecular weight is 353 g/mol. The van der Waals surface area contributed by atoms with Crippen molar-refractivity contribution < 1.29 is 23.1 Å². The fourth-order valence-electron chi connectivity index (χ4n) is 1.68. The Hall–Kier alpha value is -2.42. The van der Waals surface area contributed by atoms with Gasteiger partial charge < -0.3 is 14.5 Å². The second-order valence-electron chi connectivity index (χ2n) is 4.66. The molecule has 7 nitrogen and oxygen atoms in total. The lowest BCUT2D eigenvalue weighted by molar-refractivity contribution is -0.142. The highest BCUT2D eigenvalue weighted by molar-refractivity contribution is 8.00. The number of rotatable bonds is 7. The number of aromatic nitrogens is 2. The first-order valence-corrected chi connectivity index (χ1v) is 8.07. The maximum atomic E-state index is 12.8. The molecule has 1 N–H and O–H groups in total. The first kappa shape index (κ1) is 17.9. The molecule has 0 saturated carbocycles. The Morgan fingerprint density at radius 1 is 1.33 bits per heavy atom. The summed E-state index contributed by atoms with van der Waals surface area (Å²) >= 11 is 1.08. The summed E-state index contributed by atoms with van der Waals surface area (Å²) in [5.41, 5.74) is 0.321. The molecule has 0 fully saturated rings. The number of ether oxygens (including phenoxy) is 1. The van der Waals surface area contributed by atoms with Crippen molar-refractivity contribution in [3.63, 3.8) is 0 Å². The fraction of sp³-hybridized carbons (Fsp3) is 0.333. The molecule has 0 unspecified atom stereocenters. The number of nitrogens with one attached hydrogen (secondary N) is 1. The van der Waals surface area contributed by atoms with Crippen LogP contribution in [0, 0.1) is 5.82 Å². The molecule has 0 bridgehead atoms. The van der Waals surface area contributed by atoms with Gasteiger partial charge in [-0.05, 0) is 38.1 Å². The first-order chi connectivity index (χ1) is 11.5. The van der Waals surface area contributed by atoms with Crippen molar-refractivity contribution in [2.45, 2.75) is 30.9 Å². The average Bonchev–Trinajstić information content (AvgIpc) is 3.01. The van der Waals surface area contributed by atoms with Gasteiger partial charge in [-0.15, -0.1) is 10.2 Å². The number of halogens is 1. The molecular weight excluding hydrogens is 337 g/mol. The molecule has 24 heavy (non-hydrogen) atoms. The van der Waals surface area contributed by atoms with Crippen LogP contribution < -0.4 is 5.32 Å². The number of hydrogen-bond acceptors (Lipinski definition) is 7. The maximum Gasteiger partial charge on any atom is 0.319 e. The van der Waals surface area contributed by atoms with E-state index < -0.39 is 11.1 Å². The van der Waals surface area contributed by atoms with Gasteiger partial charge in [0, 0.05) is 5.56 Å². The summed E-state index contributed by atoms with van der Waals surface area (Å²) in [6, 6.07) is 5.15. The number of benzene rings is 1. The molecule has 1 aromatic heterocycles. The minimum atomic E-state index is -0.480. The van der Waals surface area contributed by atoms with Gasteiger partial charge in [0.1, 0.15) is 11.1 Å². The molecule has 0 aliphatic heterocycles. The fourth-order valence-corrected chi connectivity index (χ4v) is 2.37. The minimum Gasteiger partial charge on any atom is -0.465 e. The lowest BCUT2D eigenvalue weighted by atomic mass is 10.2. The highest BCUT2D eigenvalue weighted by atomic mass is 32.2. The number of carbonyl (C=O) groups excluding carboxylic acids is 2. The van der Waals surface area contributed by atoms with Crippen LogP contribution in [0.15, 0.2) is 33.9 Å².